The summed E-state index contributed by atoms with van der Waals surface area (Å²) in [4.78, 5) is 29.0. The Morgan fingerprint density at radius 2 is 2.03 bits per heavy atom. The van der Waals surface area contributed by atoms with E-state index in [0.717, 1.165) is 45.3 Å². The van der Waals surface area contributed by atoms with Crippen molar-refractivity contribution in [3.05, 3.63) is 76.2 Å². The molecule has 34 heavy (non-hydrogen) atoms. The molecule has 7 heteroatoms. The van der Waals surface area contributed by atoms with Gasteiger partial charge in [0.25, 0.3) is 0 Å². The Hall–Kier alpha value is -4.18. The molecule has 1 amide bonds. The third-order valence-corrected chi connectivity index (χ3v) is 6.85. The van der Waals surface area contributed by atoms with Crippen LogP contribution >= 0.6 is 0 Å². The van der Waals surface area contributed by atoms with Gasteiger partial charge >= 0.3 is 0 Å². The van der Waals surface area contributed by atoms with E-state index >= 15 is 0 Å². The van der Waals surface area contributed by atoms with Crippen molar-refractivity contribution in [1.29, 1.82) is 5.26 Å². The van der Waals surface area contributed by atoms with Crippen LogP contribution in [0.5, 0.6) is 0 Å². The first-order chi connectivity index (χ1) is 16.3. The Balaban J connectivity index is 1.68. The highest BCUT2D eigenvalue weighted by molar-refractivity contribution is 6.20. The second-order valence-corrected chi connectivity index (χ2v) is 9.21. The van der Waals surface area contributed by atoms with Gasteiger partial charge in [0.1, 0.15) is 6.54 Å². The monoisotopic (exact) mass is 451 g/mol. The second kappa shape index (κ2) is 7.70. The highest BCUT2D eigenvalue weighted by Gasteiger charge is 2.40. The lowest BCUT2D eigenvalue weighted by molar-refractivity contribution is -0.121. The normalized spacial score (nSPS) is 13.9. The molecule has 4 aromatic rings. The number of aryl methyl sites for hydroxylation is 1. The van der Waals surface area contributed by atoms with Crippen LogP contribution in [-0.4, -0.2) is 33.5 Å². The van der Waals surface area contributed by atoms with Crippen LogP contribution in [-0.2, 0) is 23.2 Å². The fraction of sp³-hybridized carbons (Fsp3) is 0.259. The summed E-state index contributed by atoms with van der Waals surface area (Å²) in [6.07, 6.45) is 4.38. The van der Waals surface area contributed by atoms with Crippen molar-refractivity contribution in [3.8, 4) is 17.2 Å². The number of aromatic amines is 1. The SMILES string of the molecule is CCc1cc2c(cc1-c1cnn(CC(=O)NC)c1)C(C)(C)c1[nH]c3cc(C#N)ccc3c1C2=O. The number of benzene rings is 2. The van der Waals surface area contributed by atoms with Crippen LogP contribution in [0.2, 0.25) is 0 Å². The van der Waals surface area contributed by atoms with Crippen LogP contribution in [0.15, 0.2) is 42.7 Å². The van der Waals surface area contributed by atoms with Crippen LogP contribution < -0.4 is 5.32 Å². The highest BCUT2D eigenvalue weighted by atomic mass is 16.2. The van der Waals surface area contributed by atoms with Crippen molar-refractivity contribution < 1.29 is 9.59 Å². The summed E-state index contributed by atoms with van der Waals surface area (Å²) >= 11 is 0. The number of fused-ring (bicyclic) bond motifs is 4. The Morgan fingerprint density at radius 1 is 1.24 bits per heavy atom. The quantitative estimate of drug-likeness (QED) is 0.488. The van der Waals surface area contributed by atoms with Crippen molar-refractivity contribution in [2.24, 2.45) is 0 Å². The van der Waals surface area contributed by atoms with E-state index in [1.807, 2.05) is 18.3 Å². The van der Waals surface area contributed by atoms with E-state index in [-0.39, 0.29) is 18.2 Å². The van der Waals surface area contributed by atoms with Gasteiger partial charge in [0.2, 0.25) is 5.91 Å². The van der Waals surface area contributed by atoms with E-state index in [9.17, 15) is 14.9 Å². The Bertz CT molecular complexity index is 1530. The maximum absolute atomic E-state index is 13.8. The molecule has 7 nitrogen and oxygen atoms in total. The first-order valence-electron chi connectivity index (χ1n) is 11.3. The molecule has 0 spiro atoms. The molecule has 0 unspecified atom stereocenters. The number of nitriles is 1. The average molecular weight is 452 g/mol. The van der Waals surface area contributed by atoms with Gasteiger partial charge in [-0.15, -0.1) is 0 Å². The maximum atomic E-state index is 13.8. The number of carbonyl (C=O) groups is 2. The summed E-state index contributed by atoms with van der Waals surface area (Å²) in [7, 11) is 1.60. The molecule has 170 valence electrons. The Kier molecular flexibility index (Phi) is 4.90. The van der Waals surface area contributed by atoms with Crippen LogP contribution in [0.4, 0.5) is 0 Å². The molecule has 0 bridgehead atoms. The summed E-state index contributed by atoms with van der Waals surface area (Å²) in [5.74, 6) is -0.120. The number of carbonyl (C=O) groups excluding carboxylic acids is 2. The predicted molar refractivity (Wildman–Crippen MR) is 130 cm³/mol. The van der Waals surface area contributed by atoms with Gasteiger partial charge in [0, 0.05) is 46.4 Å². The summed E-state index contributed by atoms with van der Waals surface area (Å²) in [6, 6.07) is 11.7. The van der Waals surface area contributed by atoms with E-state index in [4.69, 9.17) is 0 Å². The van der Waals surface area contributed by atoms with Gasteiger partial charge in [-0.1, -0.05) is 26.8 Å². The largest absolute Gasteiger partial charge is 0.358 e. The van der Waals surface area contributed by atoms with Crippen molar-refractivity contribution in [2.45, 2.75) is 39.2 Å². The number of nitrogens with zero attached hydrogens (tertiary/aromatic N) is 3. The number of nitrogens with one attached hydrogen (secondary N) is 2. The topological polar surface area (TPSA) is 104 Å². The van der Waals surface area contributed by atoms with Crippen LogP contribution in [0.1, 0.15) is 59.1 Å². The van der Waals surface area contributed by atoms with Crippen LogP contribution in [0.3, 0.4) is 0 Å². The molecule has 0 aliphatic heterocycles. The van der Waals surface area contributed by atoms with E-state index in [1.54, 1.807) is 30.1 Å². The van der Waals surface area contributed by atoms with E-state index in [0.29, 0.717) is 16.7 Å². The summed E-state index contributed by atoms with van der Waals surface area (Å²) in [5.41, 5.74) is 7.07. The van der Waals surface area contributed by atoms with Crippen LogP contribution in [0.25, 0.3) is 22.0 Å². The van der Waals surface area contributed by atoms with E-state index in [2.05, 4.69) is 48.3 Å². The fourth-order valence-corrected chi connectivity index (χ4v) is 4.97. The number of rotatable bonds is 4. The van der Waals surface area contributed by atoms with Gasteiger partial charge in [-0.05, 0) is 47.4 Å². The minimum Gasteiger partial charge on any atom is -0.358 e. The Labute approximate surface area is 197 Å². The molecule has 0 fully saturated rings. The molecule has 1 aliphatic rings. The zero-order chi connectivity index (χ0) is 24.2. The van der Waals surface area contributed by atoms with Crippen LogP contribution in [0, 0.1) is 11.3 Å². The summed E-state index contributed by atoms with van der Waals surface area (Å²) in [6.45, 7) is 6.44. The number of likely N-dealkylation sites (N-methyl/N-ethyl adjacent to an activating group) is 1. The van der Waals surface area contributed by atoms with E-state index < -0.39 is 5.41 Å². The van der Waals surface area contributed by atoms with Gasteiger partial charge in [-0.3, -0.25) is 14.3 Å². The van der Waals surface area contributed by atoms with Crippen molar-refractivity contribution in [3.63, 3.8) is 0 Å². The fourth-order valence-electron chi connectivity index (χ4n) is 4.97. The van der Waals surface area contributed by atoms with Gasteiger partial charge in [0.15, 0.2) is 5.78 Å². The first-order valence-corrected chi connectivity index (χ1v) is 11.3. The molecule has 0 saturated carbocycles. The number of H-pyrrole nitrogens is 1. The lowest BCUT2D eigenvalue weighted by Crippen LogP contribution is -2.30. The lowest BCUT2D eigenvalue weighted by atomic mass is 9.70. The molecule has 5 rings (SSSR count). The standard InChI is InChI=1S/C27H25N5O2/c1-5-16-9-20-21(10-19(16)17-12-30-32(13-17)14-23(33)29-4)27(2,3)26-24(25(20)34)18-7-6-15(11-28)8-22(18)31-26/h6-10,12-13,31H,5,14H2,1-4H3,(H,29,33). The lowest BCUT2D eigenvalue weighted by Gasteiger charge is -2.33. The van der Waals surface area contributed by atoms with Crippen molar-refractivity contribution in [1.82, 2.24) is 20.1 Å². The average Bonchev–Trinajstić information content (AvgIpc) is 3.46. The zero-order valence-electron chi connectivity index (χ0n) is 19.6. The highest BCUT2D eigenvalue weighted by Crippen LogP contribution is 2.45. The number of hydrogen-bond acceptors (Lipinski definition) is 4. The number of hydrogen-bond donors (Lipinski definition) is 2. The summed E-state index contributed by atoms with van der Waals surface area (Å²) < 4.78 is 1.62. The minimum atomic E-state index is -0.455. The van der Waals surface area contributed by atoms with Gasteiger partial charge in [-0.25, -0.2) is 0 Å². The zero-order valence-corrected chi connectivity index (χ0v) is 19.6. The third kappa shape index (κ3) is 3.14. The molecule has 2 N–H and O–H groups in total. The molecule has 0 radical (unpaired) electrons. The smallest absolute Gasteiger partial charge is 0.241 e. The molecule has 0 saturated heterocycles. The number of aromatic nitrogens is 3. The maximum Gasteiger partial charge on any atom is 0.241 e. The first kappa shape index (κ1) is 21.7. The molecular weight excluding hydrogens is 426 g/mol. The van der Waals surface area contributed by atoms with Gasteiger partial charge in [0.05, 0.1) is 23.4 Å². The van der Waals surface area contributed by atoms with Crippen molar-refractivity contribution in [2.75, 3.05) is 7.05 Å². The minimum absolute atomic E-state index is 0.00292. The molecule has 2 heterocycles. The molecule has 2 aromatic heterocycles. The van der Waals surface area contributed by atoms with Crippen molar-refractivity contribution >= 4 is 22.6 Å². The number of ketones is 1. The molecular formula is C27H25N5O2. The van der Waals surface area contributed by atoms with E-state index in [1.165, 1.54) is 0 Å². The Morgan fingerprint density at radius 3 is 2.74 bits per heavy atom. The van der Waals surface area contributed by atoms with Gasteiger partial charge < -0.3 is 10.3 Å². The van der Waals surface area contributed by atoms with Gasteiger partial charge in [-0.2, -0.15) is 10.4 Å². The molecule has 1 aliphatic carbocycles. The molecule has 2 aromatic carbocycles. The predicted octanol–water partition coefficient (Wildman–Crippen LogP) is 4.08. The number of amides is 1. The molecule has 0 atom stereocenters. The summed E-state index contributed by atoms with van der Waals surface area (Å²) in [5, 5.41) is 17.1. The second-order valence-electron chi connectivity index (χ2n) is 9.21. The third-order valence-electron chi connectivity index (χ3n) is 6.85.